The van der Waals surface area contributed by atoms with Gasteiger partial charge in [-0.1, -0.05) is 42.5 Å². The molecule has 1 aromatic heterocycles. The minimum absolute atomic E-state index is 0.0367. The first-order valence-corrected chi connectivity index (χ1v) is 13.5. The maximum Gasteiger partial charge on any atom is 0.323 e. The van der Waals surface area contributed by atoms with Gasteiger partial charge in [0.25, 0.3) is 0 Å². The number of aliphatic carboxylic acids is 2. The third-order valence-corrected chi connectivity index (χ3v) is 6.75. The van der Waals surface area contributed by atoms with Crippen molar-refractivity contribution in [1.82, 2.24) is 4.57 Å². The summed E-state index contributed by atoms with van der Waals surface area (Å²) in [5, 5.41) is 19.5. The van der Waals surface area contributed by atoms with Crippen LogP contribution in [0.1, 0.15) is 35.2 Å². The number of halogens is 3. The fraction of sp³-hybridized carbons (Fsp3) is 0.212. The van der Waals surface area contributed by atoms with E-state index in [1.54, 1.807) is 22.8 Å². The summed E-state index contributed by atoms with van der Waals surface area (Å²) >= 11 is 0. The molecule has 0 unspecified atom stereocenters. The lowest BCUT2D eigenvalue weighted by Gasteiger charge is -2.08. The van der Waals surface area contributed by atoms with Gasteiger partial charge >= 0.3 is 11.9 Å². The fourth-order valence-electron chi connectivity index (χ4n) is 4.77. The lowest BCUT2D eigenvalue weighted by molar-refractivity contribution is -0.138. The molecule has 7 nitrogen and oxygen atoms in total. The van der Waals surface area contributed by atoms with Crippen LogP contribution in [0.4, 0.5) is 13.2 Å². The molecule has 2 N–H and O–H groups in total. The average molecular weight is 594 g/mol. The Labute approximate surface area is 246 Å². The number of carboxylic acids is 2. The van der Waals surface area contributed by atoms with Crippen LogP contribution in [0, 0.1) is 24.4 Å². The van der Waals surface area contributed by atoms with E-state index in [4.69, 9.17) is 14.6 Å². The number of hydrogen-bond acceptors (Lipinski definition) is 4. The number of carbonyl (C=O) groups is 2. The molecule has 0 spiro atoms. The van der Waals surface area contributed by atoms with Gasteiger partial charge in [0.05, 0.1) is 5.52 Å². The number of para-hydroxylation sites is 1. The second-order valence-electron chi connectivity index (χ2n) is 9.73. The average Bonchev–Trinajstić information content (AvgIpc) is 3.21. The van der Waals surface area contributed by atoms with Crippen molar-refractivity contribution in [3.8, 4) is 11.5 Å². The zero-order valence-electron chi connectivity index (χ0n) is 23.4. The monoisotopic (exact) mass is 593 g/mol. The Balaban J connectivity index is 1.40. The molecule has 0 aliphatic heterocycles. The first-order chi connectivity index (χ1) is 20.6. The molecular weight excluding hydrogens is 563 g/mol. The standard InChI is InChI=1S/C33H30F3NO6/c1-21-26(7-5-9-30(38)39)27-8-4-6-23(32(27)37(21)20-31(40)41)13-10-22-11-14-25(15-12-22)42-16-2-3-17-43-33-28(35)18-24(34)19-29(33)36/h2-4,6,8,10-15,18-19H,5,7,9,16-17,20H2,1H3,(H,38,39)(H,40,41)/b3-2+,13-10+. The van der Waals surface area contributed by atoms with E-state index in [-0.39, 0.29) is 26.2 Å². The molecule has 3 aromatic carbocycles. The second-order valence-corrected chi connectivity index (χ2v) is 9.73. The van der Waals surface area contributed by atoms with E-state index < -0.39 is 35.1 Å². The fourth-order valence-corrected chi connectivity index (χ4v) is 4.77. The van der Waals surface area contributed by atoms with Crippen LogP contribution in [0.15, 0.2) is 66.7 Å². The first-order valence-electron chi connectivity index (χ1n) is 13.5. The van der Waals surface area contributed by atoms with Crippen molar-refractivity contribution in [3.05, 3.63) is 107 Å². The van der Waals surface area contributed by atoms with Gasteiger partial charge in [0.15, 0.2) is 17.4 Å². The predicted molar refractivity (Wildman–Crippen MR) is 157 cm³/mol. The SMILES string of the molecule is Cc1c(CCCC(=O)O)c2cccc(/C=C/c3ccc(OC/C=C/COc4c(F)cc(F)cc4F)cc3)c2n1CC(=O)O. The van der Waals surface area contributed by atoms with Crippen molar-refractivity contribution in [3.63, 3.8) is 0 Å². The summed E-state index contributed by atoms with van der Waals surface area (Å²) in [4.78, 5) is 22.7. The van der Waals surface area contributed by atoms with E-state index in [0.717, 1.165) is 33.3 Å². The van der Waals surface area contributed by atoms with Crippen molar-refractivity contribution in [2.75, 3.05) is 13.2 Å². The van der Waals surface area contributed by atoms with Crippen molar-refractivity contribution in [2.24, 2.45) is 0 Å². The molecule has 1 heterocycles. The number of aromatic nitrogens is 1. The molecule has 0 fully saturated rings. The van der Waals surface area contributed by atoms with Crippen LogP contribution in [0.25, 0.3) is 23.1 Å². The highest BCUT2D eigenvalue weighted by atomic mass is 19.1. The largest absolute Gasteiger partial charge is 0.490 e. The van der Waals surface area contributed by atoms with E-state index in [0.29, 0.717) is 30.7 Å². The Kier molecular flexibility index (Phi) is 10.3. The van der Waals surface area contributed by atoms with Gasteiger partial charge in [0.1, 0.15) is 31.3 Å². The van der Waals surface area contributed by atoms with Crippen molar-refractivity contribution >= 4 is 35.0 Å². The number of aryl methyl sites for hydroxylation is 1. The third-order valence-electron chi connectivity index (χ3n) is 6.75. The number of hydrogen-bond donors (Lipinski definition) is 2. The Bertz CT molecular complexity index is 1650. The minimum Gasteiger partial charge on any atom is -0.490 e. The molecule has 0 amide bonds. The van der Waals surface area contributed by atoms with E-state index in [1.165, 1.54) is 6.08 Å². The number of rotatable bonds is 14. The zero-order chi connectivity index (χ0) is 30.9. The molecule has 0 bridgehead atoms. The number of benzene rings is 3. The maximum absolute atomic E-state index is 13.6. The topological polar surface area (TPSA) is 98.0 Å². The van der Waals surface area contributed by atoms with E-state index in [9.17, 15) is 27.9 Å². The molecule has 0 saturated heterocycles. The number of carboxylic acid groups (broad SMARTS) is 2. The summed E-state index contributed by atoms with van der Waals surface area (Å²) in [6.07, 6.45) is 7.99. The molecule has 0 aliphatic carbocycles. The summed E-state index contributed by atoms with van der Waals surface area (Å²) in [6, 6.07) is 14.1. The van der Waals surface area contributed by atoms with Crippen LogP contribution in [0.2, 0.25) is 0 Å². The minimum atomic E-state index is -1.12. The molecular formula is C33H30F3NO6. The molecule has 0 radical (unpaired) electrons. The number of ether oxygens (including phenoxy) is 2. The quantitative estimate of drug-likeness (QED) is 0.120. The first kappa shape index (κ1) is 31.0. The third kappa shape index (κ3) is 8.06. The van der Waals surface area contributed by atoms with Gasteiger partial charge in [-0.3, -0.25) is 9.59 Å². The van der Waals surface area contributed by atoms with Gasteiger partial charge in [-0.25, -0.2) is 13.2 Å². The Hall–Kier alpha value is -4.99. The maximum atomic E-state index is 13.6. The highest BCUT2D eigenvalue weighted by Gasteiger charge is 2.18. The summed E-state index contributed by atoms with van der Waals surface area (Å²) < 4.78 is 52.6. The summed E-state index contributed by atoms with van der Waals surface area (Å²) in [5.74, 6) is -5.14. The van der Waals surface area contributed by atoms with E-state index in [1.807, 2.05) is 49.4 Å². The van der Waals surface area contributed by atoms with Crippen LogP contribution in [0.3, 0.4) is 0 Å². The Morgan fingerprint density at radius 1 is 0.884 bits per heavy atom. The van der Waals surface area contributed by atoms with Gasteiger partial charge in [-0.15, -0.1) is 0 Å². The molecule has 0 aliphatic rings. The van der Waals surface area contributed by atoms with Crippen LogP contribution in [-0.4, -0.2) is 39.9 Å². The molecule has 4 rings (SSSR count). The summed E-state index contributed by atoms with van der Waals surface area (Å²) in [5.41, 5.74) is 4.25. The number of fused-ring (bicyclic) bond motifs is 1. The van der Waals surface area contributed by atoms with Crippen LogP contribution in [0.5, 0.6) is 11.5 Å². The summed E-state index contributed by atoms with van der Waals surface area (Å²) in [6.45, 7) is 1.71. The Morgan fingerprint density at radius 2 is 1.56 bits per heavy atom. The normalized spacial score (nSPS) is 11.5. The zero-order valence-corrected chi connectivity index (χ0v) is 23.4. The van der Waals surface area contributed by atoms with E-state index in [2.05, 4.69) is 0 Å². The molecule has 43 heavy (non-hydrogen) atoms. The van der Waals surface area contributed by atoms with Crippen LogP contribution in [-0.2, 0) is 22.6 Å². The van der Waals surface area contributed by atoms with Crippen LogP contribution < -0.4 is 9.47 Å². The smallest absolute Gasteiger partial charge is 0.323 e. The molecule has 0 saturated carbocycles. The molecule has 0 atom stereocenters. The van der Waals surface area contributed by atoms with Gasteiger partial charge in [-0.2, -0.15) is 0 Å². The highest BCUT2D eigenvalue weighted by molar-refractivity contribution is 5.95. The van der Waals surface area contributed by atoms with Crippen molar-refractivity contribution in [2.45, 2.75) is 32.7 Å². The van der Waals surface area contributed by atoms with Gasteiger partial charge in [-0.05, 0) is 60.7 Å². The van der Waals surface area contributed by atoms with Gasteiger partial charge in [0.2, 0.25) is 0 Å². The van der Waals surface area contributed by atoms with Gasteiger partial charge < -0.3 is 24.3 Å². The Morgan fingerprint density at radius 3 is 2.21 bits per heavy atom. The molecule has 224 valence electrons. The molecule has 4 aromatic rings. The lowest BCUT2D eigenvalue weighted by Crippen LogP contribution is -2.10. The lowest BCUT2D eigenvalue weighted by atomic mass is 10.0. The van der Waals surface area contributed by atoms with Gasteiger partial charge in [0, 0.05) is 29.6 Å². The number of nitrogens with zero attached hydrogens (tertiary/aromatic N) is 1. The predicted octanol–water partition coefficient (Wildman–Crippen LogP) is 7.04. The van der Waals surface area contributed by atoms with Crippen molar-refractivity contribution < 1.29 is 42.4 Å². The van der Waals surface area contributed by atoms with E-state index >= 15 is 0 Å². The van der Waals surface area contributed by atoms with Crippen LogP contribution >= 0.6 is 0 Å². The second kappa shape index (κ2) is 14.3. The van der Waals surface area contributed by atoms with Crippen molar-refractivity contribution in [1.29, 1.82) is 0 Å². The highest BCUT2D eigenvalue weighted by Crippen LogP contribution is 2.31. The molecule has 10 heteroatoms. The summed E-state index contributed by atoms with van der Waals surface area (Å²) in [7, 11) is 0.